The Morgan fingerprint density at radius 3 is 1.40 bits per heavy atom. The van der Waals surface area contributed by atoms with Crippen LogP contribution in [0.15, 0.2) is 0 Å². The molecule has 0 bridgehead atoms. The first-order valence-electron chi connectivity index (χ1n) is 3.34. The summed E-state index contributed by atoms with van der Waals surface area (Å²) in [7, 11) is -1.08. The summed E-state index contributed by atoms with van der Waals surface area (Å²) in [5, 5.41) is 0. The molecule has 0 amide bonds. The quantitative estimate of drug-likeness (QED) is 0.476. The third-order valence-corrected chi connectivity index (χ3v) is 2.31. The van der Waals surface area contributed by atoms with Gasteiger partial charge in [-0.25, -0.2) is 0 Å². The van der Waals surface area contributed by atoms with Gasteiger partial charge in [-0.2, -0.15) is 0 Å². The minimum atomic E-state index is -1.08. The van der Waals surface area contributed by atoms with Gasteiger partial charge in [0.15, 0.2) is 0 Å². The zero-order chi connectivity index (χ0) is 8.57. The van der Waals surface area contributed by atoms with Crippen LogP contribution in [0.5, 0.6) is 0 Å². The summed E-state index contributed by atoms with van der Waals surface area (Å²) in [4.78, 5) is 8.35. The summed E-state index contributed by atoms with van der Waals surface area (Å²) in [6, 6.07) is 0. The Balaban J connectivity index is 0. The molecule has 0 aliphatic carbocycles. The second kappa shape index (κ2) is 9.59. The van der Waals surface area contributed by atoms with Crippen LogP contribution in [-0.2, 0) is 4.57 Å². The largest absolute Gasteiger partial charge is 0.772 e. The average Bonchev–Trinajstić information content (AvgIpc) is 1.62. The van der Waals surface area contributed by atoms with E-state index in [2.05, 4.69) is 27.7 Å². The van der Waals surface area contributed by atoms with Crippen LogP contribution in [0.3, 0.4) is 0 Å². The van der Waals surface area contributed by atoms with E-state index in [1.165, 1.54) is 0 Å². The second-order valence-electron chi connectivity index (χ2n) is 2.76. The molecule has 0 aromatic carbocycles. The Bertz CT molecular complexity index is 70.1. The molecule has 0 aromatic rings. The van der Waals surface area contributed by atoms with Crippen LogP contribution < -0.4 is 4.89 Å². The molecular formula is C6H14AlO2P. The van der Waals surface area contributed by atoms with Crippen LogP contribution in [0.25, 0.3) is 0 Å². The van der Waals surface area contributed by atoms with Crippen LogP contribution >= 0.6 is 8.69 Å². The van der Waals surface area contributed by atoms with E-state index < -0.39 is 8.69 Å². The molecule has 0 unspecified atom stereocenters. The Labute approximate surface area is 71.0 Å². The van der Waals surface area contributed by atoms with Crippen molar-refractivity contribution in [3.63, 3.8) is 0 Å². The topological polar surface area (TPSA) is 40.1 Å². The van der Waals surface area contributed by atoms with Crippen molar-refractivity contribution in [1.29, 1.82) is 0 Å². The summed E-state index contributed by atoms with van der Waals surface area (Å²) in [5.74, 6) is 0. The maximum absolute atomic E-state index is 8.35. The van der Waals surface area contributed by atoms with E-state index in [9.17, 15) is 0 Å². The maximum atomic E-state index is 8.35. The molecule has 0 N–H and O–H groups in total. The molecule has 0 heterocycles. The molecule has 58 valence electrons. The molecule has 0 saturated carbocycles. The van der Waals surface area contributed by atoms with Gasteiger partial charge in [-0.15, -0.1) is 0 Å². The van der Waals surface area contributed by atoms with Crippen molar-refractivity contribution in [2.45, 2.75) is 37.3 Å². The molecule has 0 rings (SSSR count). The third kappa shape index (κ3) is 23.5. The number of hydrogen-bond acceptors (Lipinski definition) is 2. The third-order valence-electron chi connectivity index (χ3n) is 0.770. The molecule has 10 heavy (non-hydrogen) atoms. The molecule has 0 radical (unpaired) electrons. The van der Waals surface area contributed by atoms with Gasteiger partial charge in [0, 0.05) is 0 Å². The van der Waals surface area contributed by atoms with E-state index in [1.807, 2.05) is 0 Å². The molecule has 4 heteroatoms. The Kier molecular flexibility index (Phi) is 12.7. The fourth-order valence-electron chi connectivity index (χ4n) is 0.770. The van der Waals surface area contributed by atoms with E-state index in [4.69, 9.17) is 9.46 Å². The summed E-state index contributed by atoms with van der Waals surface area (Å²) >= 11 is 0.713. The first kappa shape index (κ1) is 13.2. The van der Waals surface area contributed by atoms with Crippen LogP contribution in [-0.4, -0.2) is 15.2 Å². The predicted octanol–water partition coefficient (Wildman–Crippen LogP) is 1.90. The Morgan fingerprint density at radius 1 is 1.20 bits per heavy atom. The summed E-state index contributed by atoms with van der Waals surface area (Å²) < 4.78 is 10.3. The Morgan fingerprint density at radius 2 is 1.40 bits per heavy atom. The fraction of sp³-hybridized carbons (Fsp3) is 1.00. The normalized spacial score (nSPS) is 9.10. The van der Waals surface area contributed by atoms with Gasteiger partial charge in [-0.05, 0) is 0 Å². The zero-order valence-corrected chi connectivity index (χ0v) is 9.04. The van der Waals surface area contributed by atoms with Crippen molar-refractivity contribution in [1.82, 2.24) is 0 Å². The fourth-order valence-corrected chi connectivity index (χ4v) is 2.31. The molecule has 0 aromatic heterocycles. The number of hydrogen-bond donors (Lipinski definition) is 0. The summed E-state index contributed by atoms with van der Waals surface area (Å²) in [5.41, 5.74) is 0. The first-order chi connectivity index (χ1) is 4.54. The molecule has 0 atom stereocenters. The van der Waals surface area contributed by atoms with Crippen LogP contribution in [0, 0.1) is 0 Å². The SMILES string of the molecule is C[CH](C)[Al+][CH](C)C.O=P[O-]. The molecule has 2 nitrogen and oxygen atoms in total. The van der Waals surface area contributed by atoms with Crippen molar-refractivity contribution >= 4 is 23.9 Å². The average molecular weight is 176 g/mol. The molecule has 0 saturated heterocycles. The van der Waals surface area contributed by atoms with Crippen molar-refractivity contribution in [3.05, 3.63) is 0 Å². The summed E-state index contributed by atoms with van der Waals surface area (Å²) in [6.45, 7) is 9.20. The summed E-state index contributed by atoms with van der Waals surface area (Å²) in [6.07, 6.45) is 0. The van der Waals surface area contributed by atoms with Crippen LogP contribution in [0.1, 0.15) is 27.7 Å². The van der Waals surface area contributed by atoms with E-state index in [0.29, 0.717) is 15.2 Å². The monoisotopic (exact) mass is 176 g/mol. The molecule has 0 aliphatic heterocycles. The van der Waals surface area contributed by atoms with Crippen molar-refractivity contribution in [2.75, 3.05) is 0 Å². The molecule has 0 fully saturated rings. The van der Waals surface area contributed by atoms with Crippen molar-refractivity contribution in [2.24, 2.45) is 0 Å². The van der Waals surface area contributed by atoms with Crippen LogP contribution in [0.4, 0.5) is 0 Å². The van der Waals surface area contributed by atoms with Gasteiger partial charge in [-0.1, -0.05) is 0 Å². The smallest absolute Gasteiger partial charge is 0.0642 e. The minimum Gasteiger partial charge on any atom is -0.772 e. The maximum Gasteiger partial charge on any atom is 0.0642 e. The molecule has 0 aliphatic rings. The molecule has 0 spiro atoms. The van der Waals surface area contributed by atoms with Gasteiger partial charge in [0.1, 0.15) is 0 Å². The van der Waals surface area contributed by atoms with Gasteiger partial charge >= 0.3 is 52.5 Å². The van der Waals surface area contributed by atoms with Gasteiger partial charge in [0.2, 0.25) is 0 Å². The standard InChI is InChI=1S/2C3H7.Al.HO2P/c2*1-3-2;;1-3-2/h2*3H,1-2H3;;(H,1,2)/q;;+1;/p-1. The van der Waals surface area contributed by atoms with Crippen molar-refractivity contribution < 1.29 is 9.46 Å². The second-order valence-corrected chi connectivity index (χ2v) is 5.96. The minimum absolute atomic E-state index is 0.713. The Hall–Kier alpha value is 0.592. The van der Waals surface area contributed by atoms with E-state index in [1.54, 1.807) is 0 Å². The van der Waals surface area contributed by atoms with Gasteiger partial charge in [0.05, 0.1) is 8.69 Å². The van der Waals surface area contributed by atoms with Crippen molar-refractivity contribution in [3.8, 4) is 0 Å². The van der Waals surface area contributed by atoms with Gasteiger partial charge in [-0.3, -0.25) is 4.57 Å². The van der Waals surface area contributed by atoms with Gasteiger partial charge < -0.3 is 4.89 Å². The van der Waals surface area contributed by atoms with E-state index in [0.717, 1.165) is 9.56 Å². The van der Waals surface area contributed by atoms with Crippen LogP contribution in [0.2, 0.25) is 9.56 Å². The predicted molar refractivity (Wildman–Crippen MR) is 43.6 cm³/mol. The van der Waals surface area contributed by atoms with Gasteiger partial charge in [0.25, 0.3) is 0 Å². The van der Waals surface area contributed by atoms with E-state index >= 15 is 0 Å². The molecular weight excluding hydrogens is 162 g/mol. The van der Waals surface area contributed by atoms with E-state index in [-0.39, 0.29) is 0 Å². The number of rotatable bonds is 2. The first-order valence-corrected chi connectivity index (χ1v) is 5.40. The zero-order valence-electron chi connectivity index (χ0n) is 7.00.